The van der Waals surface area contributed by atoms with Crippen LogP contribution in [0.25, 0.3) is 0 Å². The zero-order chi connectivity index (χ0) is 12.4. The third-order valence-electron chi connectivity index (χ3n) is 2.33. The van der Waals surface area contributed by atoms with Gasteiger partial charge in [-0.15, -0.1) is 0 Å². The van der Waals surface area contributed by atoms with Gasteiger partial charge in [-0.1, -0.05) is 11.6 Å². The fourth-order valence-electron chi connectivity index (χ4n) is 1.46. The summed E-state index contributed by atoms with van der Waals surface area (Å²) in [5.74, 6) is 0.687. The van der Waals surface area contributed by atoms with Crippen molar-refractivity contribution in [3.63, 3.8) is 0 Å². The van der Waals surface area contributed by atoms with Gasteiger partial charge >= 0.3 is 0 Å². The fraction of sp³-hybridized carbons (Fsp3) is 0.0769. The van der Waals surface area contributed by atoms with E-state index in [1.165, 1.54) is 18.2 Å². The monoisotopic (exact) mass is 251 g/mol. The molecular weight excluding hydrogens is 241 g/mol. The number of halogens is 2. The molecule has 0 atom stereocenters. The summed E-state index contributed by atoms with van der Waals surface area (Å²) >= 11 is 5.84. The highest BCUT2D eigenvalue weighted by atomic mass is 35.5. The Morgan fingerprint density at radius 2 is 1.82 bits per heavy atom. The number of ether oxygens (including phenoxy) is 1. The molecular formula is C13H11ClFNO. The normalized spacial score (nSPS) is 10.3. The second kappa shape index (κ2) is 4.63. The van der Waals surface area contributed by atoms with E-state index in [1.807, 2.05) is 6.92 Å². The van der Waals surface area contributed by atoms with Crippen molar-refractivity contribution >= 4 is 17.3 Å². The number of nitrogens with two attached hydrogens (primary N) is 1. The number of aryl methyl sites for hydroxylation is 1. The van der Waals surface area contributed by atoms with Crippen molar-refractivity contribution in [1.82, 2.24) is 0 Å². The molecule has 0 aliphatic rings. The quantitative estimate of drug-likeness (QED) is 0.814. The second-order valence-corrected chi connectivity index (χ2v) is 4.13. The van der Waals surface area contributed by atoms with E-state index in [4.69, 9.17) is 22.1 Å². The second-order valence-electron chi connectivity index (χ2n) is 3.69. The van der Waals surface area contributed by atoms with Crippen LogP contribution < -0.4 is 10.5 Å². The third kappa shape index (κ3) is 2.68. The van der Waals surface area contributed by atoms with Crippen molar-refractivity contribution in [1.29, 1.82) is 0 Å². The summed E-state index contributed by atoms with van der Waals surface area (Å²) in [6.07, 6.45) is 0. The maximum Gasteiger partial charge on any atom is 0.150 e. The van der Waals surface area contributed by atoms with E-state index in [9.17, 15) is 4.39 Å². The van der Waals surface area contributed by atoms with Gasteiger partial charge in [-0.25, -0.2) is 4.39 Å². The molecule has 0 unspecified atom stereocenters. The Kier molecular flexibility index (Phi) is 3.20. The van der Waals surface area contributed by atoms with Gasteiger partial charge in [0.15, 0.2) is 5.75 Å². The molecule has 0 aliphatic heterocycles. The zero-order valence-corrected chi connectivity index (χ0v) is 9.96. The van der Waals surface area contributed by atoms with Gasteiger partial charge < -0.3 is 10.5 Å². The lowest BCUT2D eigenvalue weighted by Crippen LogP contribution is -1.94. The minimum atomic E-state index is -0.386. The number of rotatable bonds is 2. The zero-order valence-electron chi connectivity index (χ0n) is 9.21. The first-order valence-corrected chi connectivity index (χ1v) is 5.43. The minimum absolute atomic E-state index is 0.263. The molecule has 4 heteroatoms. The van der Waals surface area contributed by atoms with Gasteiger partial charge in [-0.3, -0.25) is 0 Å². The van der Waals surface area contributed by atoms with Crippen LogP contribution in [-0.2, 0) is 0 Å². The molecule has 0 bridgehead atoms. The Labute approximate surface area is 104 Å². The van der Waals surface area contributed by atoms with Gasteiger partial charge in [0.1, 0.15) is 11.6 Å². The topological polar surface area (TPSA) is 35.2 Å². The number of anilines is 1. The summed E-state index contributed by atoms with van der Waals surface area (Å²) in [5, 5.41) is 0.641. The van der Waals surface area contributed by atoms with E-state index >= 15 is 0 Å². The highest BCUT2D eigenvalue weighted by Crippen LogP contribution is 2.31. The Hall–Kier alpha value is -1.74. The lowest BCUT2D eigenvalue weighted by Gasteiger charge is -2.10. The predicted molar refractivity (Wildman–Crippen MR) is 67.1 cm³/mol. The maximum atomic E-state index is 12.9. The molecule has 0 fully saturated rings. The molecule has 0 aromatic heterocycles. The van der Waals surface area contributed by atoms with Crippen LogP contribution in [0.2, 0.25) is 5.02 Å². The molecule has 0 heterocycles. The standard InChI is InChI=1S/C13H11ClFNO/c1-8-6-9(14)2-4-12(8)17-13-5-3-10(15)7-11(13)16/h2-7H,16H2,1H3. The Morgan fingerprint density at radius 3 is 2.47 bits per heavy atom. The number of nitrogen functional groups attached to an aromatic ring is 1. The van der Waals surface area contributed by atoms with E-state index in [-0.39, 0.29) is 11.5 Å². The molecule has 2 aromatic carbocycles. The molecule has 0 aliphatic carbocycles. The maximum absolute atomic E-state index is 12.9. The highest BCUT2D eigenvalue weighted by Gasteiger charge is 2.06. The molecule has 88 valence electrons. The van der Waals surface area contributed by atoms with Crippen molar-refractivity contribution in [2.24, 2.45) is 0 Å². The van der Waals surface area contributed by atoms with E-state index in [1.54, 1.807) is 18.2 Å². The van der Waals surface area contributed by atoms with E-state index in [2.05, 4.69) is 0 Å². The first-order valence-electron chi connectivity index (χ1n) is 5.05. The van der Waals surface area contributed by atoms with Gasteiger partial charge in [0, 0.05) is 11.1 Å². The van der Waals surface area contributed by atoms with Crippen LogP contribution in [0.5, 0.6) is 11.5 Å². The van der Waals surface area contributed by atoms with Crippen LogP contribution in [-0.4, -0.2) is 0 Å². The summed E-state index contributed by atoms with van der Waals surface area (Å²) in [6.45, 7) is 1.88. The van der Waals surface area contributed by atoms with Crippen molar-refractivity contribution < 1.29 is 9.13 Å². The van der Waals surface area contributed by atoms with Crippen molar-refractivity contribution in [3.05, 3.63) is 52.8 Å². The molecule has 2 nitrogen and oxygen atoms in total. The molecule has 2 N–H and O–H groups in total. The van der Waals surface area contributed by atoms with E-state index < -0.39 is 0 Å². The summed E-state index contributed by atoms with van der Waals surface area (Å²) in [4.78, 5) is 0. The van der Waals surface area contributed by atoms with Crippen LogP contribution in [0.4, 0.5) is 10.1 Å². The van der Waals surface area contributed by atoms with Gasteiger partial charge in [0.05, 0.1) is 5.69 Å². The highest BCUT2D eigenvalue weighted by molar-refractivity contribution is 6.30. The minimum Gasteiger partial charge on any atom is -0.455 e. The van der Waals surface area contributed by atoms with E-state index in [0.29, 0.717) is 16.5 Å². The summed E-state index contributed by atoms with van der Waals surface area (Å²) < 4.78 is 18.5. The number of hydrogen-bond donors (Lipinski definition) is 1. The summed E-state index contributed by atoms with van der Waals surface area (Å²) in [5.41, 5.74) is 6.81. The Morgan fingerprint density at radius 1 is 1.12 bits per heavy atom. The molecule has 0 saturated carbocycles. The lowest BCUT2D eigenvalue weighted by atomic mass is 10.2. The van der Waals surface area contributed by atoms with Gasteiger partial charge in [-0.2, -0.15) is 0 Å². The Bertz CT molecular complexity index is 508. The van der Waals surface area contributed by atoms with Crippen LogP contribution in [0.3, 0.4) is 0 Å². The van der Waals surface area contributed by atoms with Crippen molar-refractivity contribution in [3.8, 4) is 11.5 Å². The molecule has 0 saturated heterocycles. The molecule has 17 heavy (non-hydrogen) atoms. The molecule has 0 radical (unpaired) electrons. The molecule has 0 spiro atoms. The van der Waals surface area contributed by atoms with Crippen LogP contribution >= 0.6 is 11.6 Å². The lowest BCUT2D eigenvalue weighted by molar-refractivity contribution is 0.479. The largest absolute Gasteiger partial charge is 0.455 e. The van der Waals surface area contributed by atoms with Crippen LogP contribution in [0, 0.1) is 12.7 Å². The number of hydrogen-bond acceptors (Lipinski definition) is 2. The van der Waals surface area contributed by atoms with Crippen molar-refractivity contribution in [2.75, 3.05) is 5.73 Å². The smallest absolute Gasteiger partial charge is 0.150 e. The number of benzene rings is 2. The molecule has 0 amide bonds. The summed E-state index contributed by atoms with van der Waals surface area (Å²) in [6, 6.07) is 9.29. The fourth-order valence-corrected chi connectivity index (χ4v) is 1.68. The van der Waals surface area contributed by atoms with E-state index in [0.717, 1.165) is 5.56 Å². The van der Waals surface area contributed by atoms with Gasteiger partial charge in [0.2, 0.25) is 0 Å². The van der Waals surface area contributed by atoms with Crippen LogP contribution in [0.1, 0.15) is 5.56 Å². The average Bonchev–Trinajstić information content (AvgIpc) is 2.25. The average molecular weight is 252 g/mol. The Balaban J connectivity index is 2.31. The summed E-state index contributed by atoms with van der Waals surface area (Å²) in [7, 11) is 0. The van der Waals surface area contributed by atoms with Crippen LogP contribution in [0.15, 0.2) is 36.4 Å². The third-order valence-corrected chi connectivity index (χ3v) is 2.56. The molecule has 2 rings (SSSR count). The first-order chi connectivity index (χ1) is 8.06. The predicted octanol–water partition coefficient (Wildman–Crippen LogP) is 4.16. The van der Waals surface area contributed by atoms with Gasteiger partial charge in [-0.05, 0) is 42.8 Å². The molecule has 2 aromatic rings. The van der Waals surface area contributed by atoms with Gasteiger partial charge in [0.25, 0.3) is 0 Å². The SMILES string of the molecule is Cc1cc(Cl)ccc1Oc1ccc(F)cc1N. The first kappa shape index (κ1) is 11.7. The van der Waals surface area contributed by atoms with Crippen molar-refractivity contribution in [2.45, 2.75) is 6.92 Å².